The number of fused-ring (bicyclic) bond motifs is 1. The molecule has 136 valence electrons. The van der Waals surface area contributed by atoms with Crippen LogP contribution in [-0.4, -0.2) is 16.4 Å². The zero-order valence-electron chi connectivity index (χ0n) is 15.0. The molecule has 6 heteroatoms. The van der Waals surface area contributed by atoms with Gasteiger partial charge >= 0.3 is 0 Å². The van der Waals surface area contributed by atoms with Gasteiger partial charge in [0, 0.05) is 28.5 Å². The van der Waals surface area contributed by atoms with Gasteiger partial charge in [-0.1, -0.05) is 6.07 Å². The molecule has 0 aliphatic carbocycles. The van der Waals surface area contributed by atoms with Gasteiger partial charge in [-0.05, 0) is 61.9 Å². The monoisotopic (exact) mass is 363 g/mol. The van der Waals surface area contributed by atoms with Crippen molar-refractivity contribution in [3.63, 3.8) is 0 Å². The van der Waals surface area contributed by atoms with Crippen LogP contribution < -0.4 is 10.6 Å². The first-order chi connectivity index (χ1) is 12.9. The molecule has 0 atom stereocenters. The van der Waals surface area contributed by atoms with Crippen LogP contribution in [0.3, 0.4) is 0 Å². The number of rotatable bonds is 3. The third-order valence-electron chi connectivity index (χ3n) is 4.73. The smallest absolute Gasteiger partial charge is 0.257 e. The number of carbonyl (C=O) groups is 2. The van der Waals surface area contributed by atoms with Crippen molar-refractivity contribution in [2.45, 2.75) is 20.3 Å². The molecule has 1 aromatic heterocycles. The van der Waals surface area contributed by atoms with Gasteiger partial charge in [-0.2, -0.15) is 0 Å². The van der Waals surface area contributed by atoms with Crippen molar-refractivity contribution in [2.24, 2.45) is 0 Å². The van der Waals surface area contributed by atoms with Gasteiger partial charge in [0.25, 0.3) is 5.91 Å². The van der Waals surface area contributed by atoms with Crippen LogP contribution in [0.4, 0.5) is 15.8 Å². The van der Waals surface area contributed by atoms with Gasteiger partial charge in [-0.15, -0.1) is 0 Å². The first kappa shape index (κ1) is 17.0. The molecule has 1 aliphatic heterocycles. The van der Waals surface area contributed by atoms with Gasteiger partial charge in [0.1, 0.15) is 5.82 Å². The lowest BCUT2D eigenvalue weighted by atomic mass is 10.1. The number of aromatic nitrogens is 1. The number of benzene rings is 2. The quantitative estimate of drug-likeness (QED) is 0.739. The summed E-state index contributed by atoms with van der Waals surface area (Å²) in [6.45, 7) is 3.71. The molecule has 2 amide bonds. The summed E-state index contributed by atoms with van der Waals surface area (Å²) in [6, 6.07) is 13.4. The number of nitrogens with zero attached hydrogens (tertiary/aromatic N) is 1. The zero-order valence-corrected chi connectivity index (χ0v) is 15.0. The lowest BCUT2D eigenvalue weighted by Gasteiger charge is -2.10. The van der Waals surface area contributed by atoms with E-state index in [1.165, 1.54) is 12.1 Å². The number of hydrogen-bond donors (Lipinski definition) is 2. The van der Waals surface area contributed by atoms with Gasteiger partial charge in [-0.3, -0.25) is 9.59 Å². The Hall–Kier alpha value is -3.41. The molecule has 5 nitrogen and oxygen atoms in total. The number of nitrogens with one attached hydrogen (secondary N) is 2. The molecule has 1 aliphatic rings. The minimum absolute atomic E-state index is 0.0490. The van der Waals surface area contributed by atoms with Crippen LogP contribution in [-0.2, 0) is 11.2 Å². The number of aryl methyl sites for hydroxylation is 1. The molecule has 0 radical (unpaired) electrons. The Labute approximate surface area is 155 Å². The van der Waals surface area contributed by atoms with Crippen LogP contribution in [0.5, 0.6) is 0 Å². The summed E-state index contributed by atoms with van der Waals surface area (Å²) in [5.74, 6) is -0.623. The Morgan fingerprint density at radius 3 is 2.74 bits per heavy atom. The Morgan fingerprint density at radius 1 is 1.15 bits per heavy atom. The minimum Gasteiger partial charge on any atom is -0.326 e. The van der Waals surface area contributed by atoms with Crippen LogP contribution >= 0.6 is 0 Å². The van der Waals surface area contributed by atoms with Crippen LogP contribution in [0, 0.1) is 19.7 Å². The van der Waals surface area contributed by atoms with Crippen molar-refractivity contribution in [1.29, 1.82) is 0 Å². The molecule has 0 saturated carbocycles. The fourth-order valence-electron chi connectivity index (χ4n) is 3.51. The highest BCUT2D eigenvalue weighted by Gasteiger charge is 2.20. The topological polar surface area (TPSA) is 63.1 Å². The molecular weight excluding hydrogens is 345 g/mol. The van der Waals surface area contributed by atoms with Gasteiger partial charge in [0.15, 0.2) is 0 Å². The van der Waals surface area contributed by atoms with Crippen molar-refractivity contribution in [3.8, 4) is 5.69 Å². The number of hydrogen-bond acceptors (Lipinski definition) is 2. The summed E-state index contributed by atoms with van der Waals surface area (Å²) in [4.78, 5) is 24.3. The van der Waals surface area contributed by atoms with Crippen molar-refractivity contribution < 1.29 is 14.0 Å². The number of carbonyl (C=O) groups excluding carboxylic acids is 2. The summed E-state index contributed by atoms with van der Waals surface area (Å²) in [5.41, 5.74) is 5.04. The largest absolute Gasteiger partial charge is 0.326 e. The molecule has 0 spiro atoms. The van der Waals surface area contributed by atoms with Gasteiger partial charge < -0.3 is 15.2 Å². The molecule has 2 aromatic carbocycles. The zero-order chi connectivity index (χ0) is 19.1. The maximum atomic E-state index is 13.6. The second-order valence-corrected chi connectivity index (χ2v) is 6.65. The fraction of sp³-hybridized carbons (Fsp3) is 0.143. The summed E-state index contributed by atoms with van der Waals surface area (Å²) < 4.78 is 15.4. The molecule has 0 saturated heterocycles. The third kappa shape index (κ3) is 3.10. The molecule has 0 fully saturated rings. The van der Waals surface area contributed by atoms with E-state index in [-0.39, 0.29) is 17.6 Å². The van der Waals surface area contributed by atoms with E-state index in [4.69, 9.17) is 0 Å². The lowest BCUT2D eigenvalue weighted by molar-refractivity contribution is -0.115. The average molecular weight is 363 g/mol. The van der Waals surface area contributed by atoms with Crippen LogP contribution in [0.1, 0.15) is 27.3 Å². The fourth-order valence-corrected chi connectivity index (χ4v) is 3.51. The number of halogens is 1. The van der Waals surface area contributed by atoms with E-state index < -0.39 is 0 Å². The van der Waals surface area contributed by atoms with Crippen LogP contribution in [0.25, 0.3) is 5.69 Å². The highest BCUT2D eigenvalue weighted by molar-refractivity contribution is 6.06. The molecule has 0 unspecified atom stereocenters. The molecular formula is C21H18FN3O2. The molecule has 2 heterocycles. The van der Waals surface area contributed by atoms with Crippen molar-refractivity contribution in [3.05, 3.63) is 76.9 Å². The van der Waals surface area contributed by atoms with E-state index in [1.807, 2.05) is 18.4 Å². The Kier molecular flexibility index (Phi) is 4.03. The van der Waals surface area contributed by atoms with Crippen LogP contribution in [0.2, 0.25) is 0 Å². The SMILES string of the molecule is Cc1cc(C(=O)Nc2ccc3c(c2)CC(=O)N3)c(C)n1-c1cccc(F)c1. The molecule has 4 rings (SSSR count). The van der Waals surface area contributed by atoms with Crippen molar-refractivity contribution >= 4 is 23.2 Å². The Morgan fingerprint density at radius 2 is 1.96 bits per heavy atom. The van der Waals surface area contributed by atoms with E-state index in [9.17, 15) is 14.0 Å². The standard InChI is InChI=1S/C21H18FN3O2/c1-12-8-18(13(2)25(12)17-5-3-4-15(22)11-17)21(27)23-16-6-7-19-14(9-16)10-20(26)24-19/h3-9,11H,10H2,1-2H3,(H,23,27)(H,24,26). The average Bonchev–Trinajstić information content (AvgIpc) is 3.12. The van der Waals surface area contributed by atoms with E-state index in [1.54, 1.807) is 36.4 Å². The molecule has 0 bridgehead atoms. The Balaban J connectivity index is 1.63. The van der Waals surface area contributed by atoms with Gasteiger partial charge in [0.05, 0.1) is 12.0 Å². The lowest BCUT2D eigenvalue weighted by Crippen LogP contribution is -2.13. The summed E-state index contributed by atoms with van der Waals surface area (Å²) in [5, 5.41) is 5.65. The summed E-state index contributed by atoms with van der Waals surface area (Å²) in [6.07, 6.45) is 0.313. The van der Waals surface area contributed by atoms with E-state index >= 15 is 0 Å². The highest BCUT2D eigenvalue weighted by Crippen LogP contribution is 2.27. The molecule has 2 N–H and O–H groups in total. The van der Waals surface area contributed by atoms with E-state index in [0.29, 0.717) is 23.4 Å². The second kappa shape index (κ2) is 6.39. The maximum Gasteiger partial charge on any atom is 0.257 e. The maximum absolute atomic E-state index is 13.6. The van der Waals surface area contributed by atoms with Crippen molar-refractivity contribution in [2.75, 3.05) is 10.6 Å². The summed E-state index contributed by atoms with van der Waals surface area (Å²) in [7, 11) is 0. The Bertz CT molecular complexity index is 1090. The predicted octanol–water partition coefficient (Wildman–Crippen LogP) is 3.98. The number of amides is 2. The normalized spacial score (nSPS) is 12.6. The minimum atomic E-state index is -0.327. The van der Waals surface area contributed by atoms with E-state index in [0.717, 1.165) is 22.6 Å². The van der Waals surface area contributed by atoms with Gasteiger partial charge in [0.2, 0.25) is 5.91 Å². The number of anilines is 2. The molecule has 27 heavy (non-hydrogen) atoms. The predicted molar refractivity (Wildman–Crippen MR) is 102 cm³/mol. The van der Waals surface area contributed by atoms with Crippen molar-refractivity contribution in [1.82, 2.24) is 4.57 Å². The third-order valence-corrected chi connectivity index (χ3v) is 4.73. The first-order valence-corrected chi connectivity index (χ1v) is 8.61. The first-order valence-electron chi connectivity index (χ1n) is 8.61. The second-order valence-electron chi connectivity index (χ2n) is 6.65. The van der Waals surface area contributed by atoms with Gasteiger partial charge in [-0.25, -0.2) is 4.39 Å². The van der Waals surface area contributed by atoms with Crippen LogP contribution in [0.15, 0.2) is 48.5 Å². The highest BCUT2D eigenvalue weighted by atomic mass is 19.1. The molecule has 3 aromatic rings. The van der Waals surface area contributed by atoms with E-state index in [2.05, 4.69) is 10.6 Å². The summed E-state index contributed by atoms with van der Waals surface area (Å²) >= 11 is 0.